The molecule has 0 radical (unpaired) electrons. The van der Waals surface area contributed by atoms with Crippen LogP contribution in [0.4, 0.5) is 10.1 Å². The predicted molar refractivity (Wildman–Crippen MR) is 147 cm³/mol. The van der Waals surface area contributed by atoms with Crippen molar-refractivity contribution in [3.8, 4) is 11.1 Å². The lowest BCUT2D eigenvalue weighted by Crippen LogP contribution is -2.50. The van der Waals surface area contributed by atoms with Crippen LogP contribution in [0.5, 0.6) is 0 Å². The Kier molecular flexibility index (Phi) is 6.64. The number of methoxy groups -OCH3 is 1. The highest BCUT2D eigenvalue weighted by Crippen LogP contribution is 2.39. The number of benzene rings is 1. The highest BCUT2D eigenvalue weighted by Gasteiger charge is 2.40. The van der Waals surface area contributed by atoms with E-state index in [1.165, 1.54) is 0 Å². The molecule has 1 aromatic carbocycles. The zero-order valence-corrected chi connectivity index (χ0v) is 22.7. The number of likely N-dealkylation sites (tertiary alicyclic amines) is 1. The summed E-state index contributed by atoms with van der Waals surface area (Å²) in [4.78, 5) is 19.2. The summed E-state index contributed by atoms with van der Waals surface area (Å²) in [6.45, 7) is 9.17. The van der Waals surface area contributed by atoms with Gasteiger partial charge in [0.15, 0.2) is 0 Å². The summed E-state index contributed by atoms with van der Waals surface area (Å²) in [5.41, 5.74) is 3.84. The summed E-state index contributed by atoms with van der Waals surface area (Å²) < 4.78 is 23.6. The topological polar surface area (TPSA) is 53.3 Å². The Morgan fingerprint density at radius 2 is 1.87 bits per heavy atom. The fraction of sp³-hybridized carbons (Fsp3) is 0.533. The minimum Gasteiger partial charge on any atom is -0.372 e. The molecule has 3 aromatic rings. The van der Waals surface area contributed by atoms with Gasteiger partial charge in [-0.25, -0.2) is 8.91 Å². The first-order valence-electron chi connectivity index (χ1n) is 14.0. The predicted octanol–water partition coefficient (Wildman–Crippen LogP) is 4.54. The van der Waals surface area contributed by atoms with Crippen molar-refractivity contribution in [2.24, 2.45) is 5.92 Å². The first kappa shape index (κ1) is 25.3. The van der Waals surface area contributed by atoms with Crippen LogP contribution < -0.4 is 4.90 Å². The maximum absolute atomic E-state index is 15.7. The smallest absolute Gasteiger partial charge is 0.225 e. The molecule has 38 heavy (non-hydrogen) atoms. The Hall–Kier alpha value is -2.97. The summed E-state index contributed by atoms with van der Waals surface area (Å²) in [5.74, 6) is 0.357. The molecular weight excluding hydrogens is 481 g/mol. The SMILES string of the molecule is CO[C@@]1(c2ccc(-c3cc4c(N5CCN(C(=O)C6CC6)CC5)ccnn4c3)cc2F)CCCN(C(C)C)C1. The number of fused-ring (bicyclic) bond motifs is 1. The van der Waals surface area contributed by atoms with Gasteiger partial charge in [0.05, 0.1) is 11.2 Å². The quantitative estimate of drug-likeness (QED) is 0.479. The minimum atomic E-state index is -0.631. The van der Waals surface area contributed by atoms with E-state index in [-0.39, 0.29) is 11.7 Å². The number of anilines is 1. The molecule has 1 amide bonds. The van der Waals surface area contributed by atoms with E-state index in [0.717, 1.165) is 80.7 Å². The second-order valence-corrected chi connectivity index (χ2v) is 11.4. The van der Waals surface area contributed by atoms with Gasteiger partial charge < -0.3 is 14.5 Å². The van der Waals surface area contributed by atoms with Gasteiger partial charge in [-0.1, -0.05) is 12.1 Å². The van der Waals surface area contributed by atoms with Crippen molar-refractivity contribution in [2.45, 2.75) is 51.2 Å². The van der Waals surface area contributed by atoms with Crippen LogP contribution >= 0.6 is 0 Å². The molecular formula is C30H38FN5O2. The van der Waals surface area contributed by atoms with Crippen molar-refractivity contribution >= 4 is 17.1 Å². The van der Waals surface area contributed by atoms with Crippen molar-refractivity contribution < 1.29 is 13.9 Å². The van der Waals surface area contributed by atoms with Crippen LogP contribution in [0.2, 0.25) is 0 Å². The third-order valence-electron chi connectivity index (χ3n) is 8.74. The van der Waals surface area contributed by atoms with Gasteiger partial charge in [0.1, 0.15) is 11.4 Å². The Bertz CT molecular complexity index is 1330. The average Bonchev–Trinajstić information content (AvgIpc) is 3.70. The highest BCUT2D eigenvalue weighted by molar-refractivity contribution is 5.82. The van der Waals surface area contributed by atoms with E-state index in [1.54, 1.807) is 13.2 Å². The Morgan fingerprint density at radius 3 is 2.55 bits per heavy atom. The van der Waals surface area contributed by atoms with Crippen molar-refractivity contribution in [3.63, 3.8) is 0 Å². The van der Waals surface area contributed by atoms with Gasteiger partial charge in [-0.05, 0) is 69.8 Å². The van der Waals surface area contributed by atoms with Crippen LogP contribution in [0.3, 0.4) is 0 Å². The van der Waals surface area contributed by atoms with Gasteiger partial charge in [0.2, 0.25) is 5.91 Å². The monoisotopic (exact) mass is 519 g/mol. The zero-order chi connectivity index (χ0) is 26.4. The molecule has 1 aliphatic carbocycles. The highest BCUT2D eigenvalue weighted by atomic mass is 19.1. The molecule has 0 N–H and O–H groups in total. The van der Waals surface area contributed by atoms with E-state index in [1.807, 2.05) is 40.0 Å². The molecule has 2 aromatic heterocycles. The van der Waals surface area contributed by atoms with Gasteiger partial charge in [0.25, 0.3) is 0 Å². The lowest BCUT2D eigenvalue weighted by Gasteiger charge is -2.44. The van der Waals surface area contributed by atoms with Gasteiger partial charge in [-0.15, -0.1) is 0 Å². The Morgan fingerprint density at radius 1 is 1.08 bits per heavy atom. The van der Waals surface area contributed by atoms with Gasteiger partial charge in [0, 0.05) is 75.3 Å². The van der Waals surface area contributed by atoms with Gasteiger partial charge in [-0.3, -0.25) is 9.69 Å². The maximum Gasteiger partial charge on any atom is 0.225 e. The molecule has 202 valence electrons. The number of amides is 1. The van der Waals surface area contributed by atoms with Crippen molar-refractivity contribution in [2.75, 3.05) is 51.3 Å². The molecule has 3 aliphatic rings. The van der Waals surface area contributed by atoms with Crippen LogP contribution in [0.1, 0.15) is 45.1 Å². The van der Waals surface area contributed by atoms with E-state index in [9.17, 15) is 4.79 Å². The number of carbonyl (C=O) groups is 1. The largest absolute Gasteiger partial charge is 0.372 e. The number of carbonyl (C=O) groups excluding carboxylic acids is 1. The fourth-order valence-corrected chi connectivity index (χ4v) is 6.24. The molecule has 0 unspecified atom stereocenters. The zero-order valence-electron chi connectivity index (χ0n) is 22.7. The third-order valence-corrected chi connectivity index (χ3v) is 8.74. The van der Waals surface area contributed by atoms with Crippen LogP contribution in [-0.2, 0) is 15.1 Å². The molecule has 4 heterocycles. The summed E-state index contributed by atoms with van der Waals surface area (Å²) in [6.07, 6.45) is 7.65. The van der Waals surface area contributed by atoms with Crippen molar-refractivity contribution in [1.29, 1.82) is 0 Å². The first-order chi connectivity index (χ1) is 18.4. The van der Waals surface area contributed by atoms with E-state index >= 15 is 4.39 Å². The number of hydrogen-bond donors (Lipinski definition) is 0. The van der Waals surface area contributed by atoms with E-state index < -0.39 is 5.60 Å². The molecule has 3 fully saturated rings. The van der Waals surface area contributed by atoms with E-state index in [2.05, 4.69) is 34.8 Å². The number of nitrogens with zero attached hydrogens (tertiary/aromatic N) is 5. The maximum atomic E-state index is 15.7. The Labute approximate surface area is 224 Å². The molecule has 0 bridgehead atoms. The van der Waals surface area contributed by atoms with E-state index in [4.69, 9.17) is 4.74 Å². The molecule has 1 saturated carbocycles. The molecule has 6 rings (SSSR count). The summed E-state index contributed by atoms with van der Waals surface area (Å²) in [6, 6.07) is 10.1. The number of hydrogen-bond acceptors (Lipinski definition) is 5. The lowest BCUT2D eigenvalue weighted by molar-refractivity contribution is -0.132. The van der Waals surface area contributed by atoms with Crippen LogP contribution in [0.25, 0.3) is 16.6 Å². The number of piperidine rings is 1. The van der Waals surface area contributed by atoms with Crippen molar-refractivity contribution in [1.82, 2.24) is 19.4 Å². The second-order valence-electron chi connectivity index (χ2n) is 11.4. The molecule has 2 aliphatic heterocycles. The Balaban J connectivity index is 1.25. The minimum absolute atomic E-state index is 0.227. The van der Waals surface area contributed by atoms with Gasteiger partial charge >= 0.3 is 0 Å². The second kappa shape index (κ2) is 9.97. The molecule has 8 heteroatoms. The molecule has 7 nitrogen and oxygen atoms in total. The molecule has 2 saturated heterocycles. The van der Waals surface area contributed by atoms with Crippen LogP contribution in [-0.4, -0.2) is 77.7 Å². The summed E-state index contributed by atoms with van der Waals surface area (Å²) in [5, 5.41) is 4.53. The normalized spacial score (nSPS) is 23.0. The third kappa shape index (κ3) is 4.58. The number of aromatic nitrogens is 2. The standard InChI is InChI=1S/C30H38FN5O2/c1-21(2)35-12-4-10-30(20-35,38-3)25-8-7-23(17-26(25)31)24-18-28-27(9-11-32-36(28)19-24)33-13-15-34(16-14-33)29(37)22-5-6-22/h7-9,11,17-19,21-22H,4-6,10,12-16,20H2,1-3H3/t30-/m0/s1. The average molecular weight is 520 g/mol. The van der Waals surface area contributed by atoms with Crippen LogP contribution in [0, 0.1) is 11.7 Å². The number of rotatable bonds is 6. The summed E-state index contributed by atoms with van der Waals surface area (Å²) in [7, 11) is 1.70. The van der Waals surface area contributed by atoms with Gasteiger partial charge in [-0.2, -0.15) is 5.10 Å². The number of piperazine rings is 1. The fourth-order valence-electron chi connectivity index (χ4n) is 6.24. The number of halogens is 1. The summed E-state index contributed by atoms with van der Waals surface area (Å²) >= 11 is 0. The molecule has 1 atom stereocenters. The molecule has 0 spiro atoms. The lowest BCUT2D eigenvalue weighted by atomic mass is 9.84. The van der Waals surface area contributed by atoms with Crippen LogP contribution in [0.15, 0.2) is 42.7 Å². The first-order valence-corrected chi connectivity index (χ1v) is 14.0. The van der Waals surface area contributed by atoms with E-state index in [0.29, 0.717) is 24.1 Å². The van der Waals surface area contributed by atoms with Crippen molar-refractivity contribution in [3.05, 3.63) is 54.1 Å². The number of ether oxygens (including phenoxy) is 1.